The van der Waals surface area contributed by atoms with Crippen LogP contribution in [0.25, 0.3) is 11.5 Å². The number of nitrogens with one attached hydrogen (secondary N) is 1. The molecule has 0 atom stereocenters. The van der Waals surface area contributed by atoms with Crippen LogP contribution in [0.4, 0.5) is 5.69 Å². The second-order valence-electron chi connectivity index (χ2n) is 5.43. The summed E-state index contributed by atoms with van der Waals surface area (Å²) in [6, 6.07) is 15.4. The Balaban J connectivity index is 1.69. The summed E-state index contributed by atoms with van der Waals surface area (Å²) in [5.41, 5.74) is 3.75. The minimum Gasteiger partial charge on any atom is -0.334 e. The van der Waals surface area contributed by atoms with Gasteiger partial charge in [-0.2, -0.15) is 4.98 Å². The minimum atomic E-state index is -0.167. The van der Waals surface area contributed by atoms with Crippen LogP contribution in [0.3, 0.4) is 0 Å². The van der Waals surface area contributed by atoms with Gasteiger partial charge in [-0.3, -0.25) is 4.79 Å². The van der Waals surface area contributed by atoms with Crippen LogP contribution in [0.1, 0.15) is 17.0 Å². The van der Waals surface area contributed by atoms with E-state index in [0.717, 1.165) is 22.4 Å². The van der Waals surface area contributed by atoms with E-state index in [-0.39, 0.29) is 12.3 Å². The Morgan fingerprint density at radius 3 is 2.70 bits per heavy atom. The molecule has 0 bridgehead atoms. The van der Waals surface area contributed by atoms with E-state index in [2.05, 4.69) is 15.5 Å². The minimum absolute atomic E-state index is 0.0731. The second-order valence-corrected chi connectivity index (χ2v) is 5.43. The third-order valence-corrected chi connectivity index (χ3v) is 3.47. The number of benzene rings is 2. The number of rotatable bonds is 4. The first kappa shape index (κ1) is 15.0. The summed E-state index contributed by atoms with van der Waals surface area (Å²) in [5.74, 6) is 0.617. The quantitative estimate of drug-likeness (QED) is 0.800. The number of amides is 1. The second kappa shape index (κ2) is 6.44. The van der Waals surface area contributed by atoms with E-state index in [4.69, 9.17) is 4.52 Å². The van der Waals surface area contributed by atoms with Gasteiger partial charge in [-0.25, -0.2) is 0 Å². The van der Waals surface area contributed by atoms with Crippen molar-refractivity contribution in [1.82, 2.24) is 10.1 Å². The van der Waals surface area contributed by atoms with E-state index in [1.54, 1.807) is 0 Å². The smallest absolute Gasteiger partial charge is 0.257 e. The van der Waals surface area contributed by atoms with Crippen LogP contribution in [0.15, 0.2) is 53.1 Å². The molecule has 0 aliphatic rings. The third-order valence-electron chi connectivity index (χ3n) is 3.47. The van der Waals surface area contributed by atoms with Gasteiger partial charge in [0.15, 0.2) is 5.82 Å². The van der Waals surface area contributed by atoms with Gasteiger partial charge >= 0.3 is 0 Å². The lowest BCUT2D eigenvalue weighted by molar-refractivity contribution is -0.115. The predicted molar refractivity (Wildman–Crippen MR) is 88.0 cm³/mol. The van der Waals surface area contributed by atoms with E-state index in [9.17, 15) is 4.79 Å². The van der Waals surface area contributed by atoms with E-state index >= 15 is 0 Å². The molecule has 0 radical (unpaired) electrons. The Morgan fingerprint density at radius 2 is 1.91 bits per heavy atom. The molecule has 3 rings (SSSR count). The summed E-state index contributed by atoms with van der Waals surface area (Å²) in [5, 5.41) is 6.76. The molecule has 0 spiro atoms. The first-order valence-electron chi connectivity index (χ1n) is 7.37. The summed E-state index contributed by atoms with van der Waals surface area (Å²) in [7, 11) is 0. The standard InChI is InChI=1S/C18H17N3O2/c1-12-8-9-13(2)15(10-12)19-17(22)11-16-20-18(23-21-16)14-6-4-3-5-7-14/h3-10H,11H2,1-2H3,(H,19,22). The molecule has 0 saturated heterocycles. The number of hydrogen-bond acceptors (Lipinski definition) is 4. The van der Waals surface area contributed by atoms with Gasteiger partial charge in [0, 0.05) is 11.3 Å². The zero-order chi connectivity index (χ0) is 16.2. The molecule has 0 fully saturated rings. The molecule has 5 nitrogen and oxygen atoms in total. The SMILES string of the molecule is Cc1ccc(C)c(NC(=O)Cc2noc(-c3ccccc3)n2)c1. The fourth-order valence-corrected chi connectivity index (χ4v) is 2.23. The Hall–Kier alpha value is -2.95. The lowest BCUT2D eigenvalue weighted by Crippen LogP contribution is -2.16. The maximum atomic E-state index is 12.2. The van der Waals surface area contributed by atoms with Gasteiger partial charge in [-0.1, -0.05) is 35.5 Å². The van der Waals surface area contributed by atoms with Crippen LogP contribution < -0.4 is 5.32 Å². The van der Waals surface area contributed by atoms with Crippen molar-refractivity contribution in [3.05, 3.63) is 65.5 Å². The number of carbonyl (C=O) groups is 1. The Bertz CT molecular complexity index is 825. The lowest BCUT2D eigenvalue weighted by atomic mass is 10.1. The summed E-state index contributed by atoms with van der Waals surface area (Å²) in [4.78, 5) is 16.4. The van der Waals surface area contributed by atoms with E-state index in [1.165, 1.54) is 0 Å². The van der Waals surface area contributed by atoms with Crippen molar-refractivity contribution >= 4 is 11.6 Å². The van der Waals surface area contributed by atoms with E-state index in [1.807, 2.05) is 62.4 Å². The highest BCUT2D eigenvalue weighted by atomic mass is 16.5. The van der Waals surface area contributed by atoms with Gasteiger partial charge in [0.1, 0.15) is 0 Å². The van der Waals surface area contributed by atoms with Crippen molar-refractivity contribution in [2.75, 3.05) is 5.32 Å². The Morgan fingerprint density at radius 1 is 1.13 bits per heavy atom. The molecule has 116 valence electrons. The largest absolute Gasteiger partial charge is 0.334 e. The highest BCUT2D eigenvalue weighted by molar-refractivity contribution is 5.92. The first-order valence-corrected chi connectivity index (χ1v) is 7.37. The average molecular weight is 307 g/mol. The number of nitrogens with zero attached hydrogens (tertiary/aromatic N) is 2. The van der Waals surface area contributed by atoms with Crippen molar-refractivity contribution < 1.29 is 9.32 Å². The van der Waals surface area contributed by atoms with E-state index < -0.39 is 0 Å². The summed E-state index contributed by atoms with van der Waals surface area (Å²) >= 11 is 0. The Labute approximate surface area is 134 Å². The summed E-state index contributed by atoms with van der Waals surface area (Å²) in [6.07, 6.45) is 0.0731. The number of anilines is 1. The molecule has 23 heavy (non-hydrogen) atoms. The predicted octanol–water partition coefficient (Wildman–Crippen LogP) is 3.53. The van der Waals surface area contributed by atoms with Crippen LogP contribution in [0.2, 0.25) is 0 Å². The van der Waals surface area contributed by atoms with Crippen molar-refractivity contribution in [2.24, 2.45) is 0 Å². The van der Waals surface area contributed by atoms with Crippen LogP contribution in [-0.2, 0) is 11.2 Å². The lowest BCUT2D eigenvalue weighted by Gasteiger charge is -2.08. The third kappa shape index (κ3) is 3.63. The molecule has 0 saturated carbocycles. The van der Waals surface area contributed by atoms with Crippen LogP contribution >= 0.6 is 0 Å². The van der Waals surface area contributed by atoms with E-state index in [0.29, 0.717) is 11.7 Å². The number of carbonyl (C=O) groups excluding carboxylic acids is 1. The first-order chi connectivity index (χ1) is 11.1. The normalized spacial score (nSPS) is 10.5. The zero-order valence-corrected chi connectivity index (χ0v) is 13.0. The van der Waals surface area contributed by atoms with Gasteiger partial charge in [0.05, 0.1) is 6.42 Å². The molecule has 0 unspecified atom stereocenters. The maximum absolute atomic E-state index is 12.2. The van der Waals surface area contributed by atoms with Gasteiger partial charge in [0.2, 0.25) is 5.91 Å². The molecule has 2 aromatic carbocycles. The van der Waals surface area contributed by atoms with Crippen LogP contribution in [0, 0.1) is 13.8 Å². The molecule has 3 aromatic rings. The molecule has 1 aromatic heterocycles. The zero-order valence-electron chi connectivity index (χ0n) is 13.0. The molecular weight excluding hydrogens is 290 g/mol. The highest BCUT2D eigenvalue weighted by Gasteiger charge is 2.13. The van der Waals surface area contributed by atoms with Crippen LogP contribution in [0.5, 0.6) is 0 Å². The topological polar surface area (TPSA) is 68.0 Å². The number of hydrogen-bond donors (Lipinski definition) is 1. The van der Waals surface area contributed by atoms with Gasteiger partial charge in [0.25, 0.3) is 5.89 Å². The fraction of sp³-hybridized carbons (Fsp3) is 0.167. The monoisotopic (exact) mass is 307 g/mol. The van der Waals surface area contributed by atoms with Crippen LogP contribution in [-0.4, -0.2) is 16.0 Å². The average Bonchev–Trinajstić information content (AvgIpc) is 3.00. The van der Waals surface area contributed by atoms with Gasteiger partial charge in [-0.05, 0) is 43.2 Å². The maximum Gasteiger partial charge on any atom is 0.257 e. The summed E-state index contributed by atoms with van der Waals surface area (Å²) in [6.45, 7) is 3.94. The molecule has 0 aliphatic heterocycles. The number of aryl methyl sites for hydroxylation is 2. The molecule has 0 aliphatic carbocycles. The number of aromatic nitrogens is 2. The summed E-state index contributed by atoms with van der Waals surface area (Å²) < 4.78 is 5.20. The van der Waals surface area contributed by atoms with Crippen molar-refractivity contribution in [2.45, 2.75) is 20.3 Å². The fourth-order valence-electron chi connectivity index (χ4n) is 2.23. The Kier molecular flexibility index (Phi) is 4.19. The molecule has 1 N–H and O–H groups in total. The van der Waals surface area contributed by atoms with Gasteiger partial charge < -0.3 is 9.84 Å². The van der Waals surface area contributed by atoms with Crippen molar-refractivity contribution in [3.8, 4) is 11.5 Å². The highest BCUT2D eigenvalue weighted by Crippen LogP contribution is 2.18. The molecular formula is C18H17N3O2. The van der Waals surface area contributed by atoms with Crippen molar-refractivity contribution in [1.29, 1.82) is 0 Å². The van der Waals surface area contributed by atoms with Gasteiger partial charge in [-0.15, -0.1) is 0 Å². The molecule has 1 amide bonds. The molecule has 1 heterocycles. The molecule has 5 heteroatoms. The van der Waals surface area contributed by atoms with Crippen molar-refractivity contribution in [3.63, 3.8) is 0 Å².